The maximum atomic E-state index is 9.40. The van der Waals surface area contributed by atoms with Gasteiger partial charge in [0, 0.05) is 13.7 Å². The molecule has 0 unspecified atom stereocenters. The largest absolute Gasteiger partial charge is 3.00 e. The standard InChI is InChI=1S/C7H8.C3H7O2.Al.Na.3H/c1-7-5-3-2-4-6-7;1-5-3-2-4;;;;;/h2-6H,1H3;2-3H2,1H3;;;;;/q;-1;+3;+1;3*-1. The molecule has 1 aromatic rings. The summed E-state index contributed by atoms with van der Waals surface area (Å²) in [6.07, 6.45) is 0. The van der Waals surface area contributed by atoms with Crippen LogP contribution >= 0.6 is 0 Å². The van der Waals surface area contributed by atoms with Crippen LogP contribution in [0.5, 0.6) is 0 Å². The Bertz CT molecular complexity index is 192. The summed E-state index contributed by atoms with van der Waals surface area (Å²) in [5.41, 5.74) is 1.32. The van der Waals surface area contributed by atoms with Crippen molar-refractivity contribution in [2.45, 2.75) is 6.92 Å². The van der Waals surface area contributed by atoms with Gasteiger partial charge in [-0.05, 0) is 6.92 Å². The van der Waals surface area contributed by atoms with Gasteiger partial charge in [0.25, 0.3) is 0 Å². The molecule has 74 valence electrons. The molecule has 0 heterocycles. The van der Waals surface area contributed by atoms with Crippen LogP contribution in [0.1, 0.15) is 9.84 Å². The maximum Gasteiger partial charge on any atom is 3.00 e. The molecule has 0 aliphatic carbocycles. The fraction of sp³-hybridized carbons (Fsp3) is 0.400. The van der Waals surface area contributed by atoms with E-state index in [0.717, 1.165) is 0 Å². The van der Waals surface area contributed by atoms with Gasteiger partial charge in [-0.3, -0.25) is 0 Å². The summed E-state index contributed by atoms with van der Waals surface area (Å²) < 4.78 is 4.38. The zero-order valence-corrected chi connectivity index (χ0v) is 12.3. The molecule has 0 aliphatic heterocycles. The topological polar surface area (TPSA) is 32.3 Å². The summed E-state index contributed by atoms with van der Waals surface area (Å²) >= 11 is 0. The summed E-state index contributed by atoms with van der Waals surface area (Å²) in [7, 11) is 1.51. The van der Waals surface area contributed by atoms with Crippen molar-refractivity contribution in [2.24, 2.45) is 0 Å². The quantitative estimate of drug-likeness (QED) is 0.537. The van der Waals surface area contributed by atoms with E-state index in [1.807, 2.05) is 18.2 Å². The van der Waals surface area contributed by atoms with Crippen LogP contribution in [0.25, 0.3) is 0 Å². The molecule has 1 rings (SSSR count). The van der Waals surface area contributed by atoms with Crippen LogP contribution in [0.2, 0.25) is 0 Å². The van der Waals surface area contributed by atoms with E-state index in [1.54, 1.807) is 0 Å². The summed E-state index contributed by atoms with van der Waals surface area (Å²) in [4.78, 5) is 0. The van der Waals surface area contributed by atoms with Crippen molar-refractivity contribution >= 4 is 17.4 Å². The first-order valence-corrected chi connectivity index (χ1v) is 3.90. The predicted molar refractivity (Wildman–Crippen MR) is 57.0 cm³/mol. The van der Waals surface area contributed by atoms with Crippen molar-refractivity contribution in [3.63, 3.8) is 0 Å². The Hall–Kier alpha value is 0.672. The SMILES string of the molecule is COCC[O-].Cc1ccccc1.[Al+3].[H-].[H-].[H-].[Na+]. The Balaban J connectivity index is -0.0000000284. The predicted octanol–water partition coefficient (Wildman–Crippen LogP) is -2.05. The van der Waals surface area contributed by atoms with Crippen molar-refractivity contribution in [2.75, 3.05) is 20.3 Å². The van der Waals surface area contributed by atoms with E-state index in [9.17, 15) is 5.11 Å². The number of aryl methyl sites for hydroxylation is 1. The Labute approximate surface area is 124 Å². The van der Waals surface area contributed by atoms with Crippen LogP contribution in [0.3, 0.4) is 0 Å². The van der Waals surface area contributed by atoms with Gasteiger partial charge in [0.2, 0.25) is 0 Å². The first-order valence-electron chi connectivity index (χ1n) is 3.90. The molecular weight excluding hydrogens is 202 g/mol. The van der Waals surface area contributed by atoms with Crippen molar-refractivity contribution in [3.05, 3.63) is 35.9 Å². The van der Waals surface area contributed by atoms with Crippen molar-refractivity contribution in [3.8, 4) is 0 Å². The molecule has 0 saturated heterocycles. The molecule has 0 N–H and O–H groups in total. The Morgan fingerprint density at radius 2 is 1.79 bits per heavy atom. The second-order valence-corrected chi connectivity index (χ2v) is 2.35. The Kier molecular flexibility index (Phi) is 23.2. The second kappa shape index (κ2) is 16.1. The molecule has 1 aromatic carbocycles. The van der Waals surface area contributed by atoms with Gasteiger partial charge >= 0.3 is 46.9 Å². The number of rotatable bonds is 2. The molecule has 0 aliphatic rings. The van der Waals surface area contributed by atoms with Crippen LogP contribution in [-0.4, -0.2) is 37.7 Å². The fourth-order valence-electron chi connectivity index (χ4n) is 0.618. The van der Waals surface area contributed by atoms with Gasteiger partial charge in [0.15, 0.2) is 0 Å². The molecule has 0 radical (unpaired) electrons. The first kappa shape index (κ1) is 20.1. The number of methoxy groups -OCH3 is 1. The summed E-state index contributed by atoms with van der Waals surface area (Å²) in [5.74, 6) is 0. The fourth-order valence-corrected chi connectivity index (χ4v) is 0.618. The van der Waals surface area contributed by atoms with E-state index in [1.165, 1.54) is 12.7 Å². The van der Waals surface area contributed by atoms with E-state index in [2.05, 4.69) is 23.8 Å². The molecule has 0 atom stereocenters. The van der Waals surface area contributed by atoms with Crippen LogP contribution in [0, 0.1) is 6.92 Å². The molecule has 0 spiro atoms. The minimum absolute atomic E-state index is 0. The number of benzene rings is 1. The Morgan fingerprint density at radius 1 is 1.29 bits per heavy atom. The van der Waals surface area contributed by atoms with Crippen LogP contribution in [0.15, 0.2) is 30.3 Å². The van der Waals surface area contributed by atoms with Crippen molar-refractivity contribution in [1.29, 1.82) is 0 Å². The number of hydrogen-bond donors (Lipinski definition) is 0. The molecule has 0 amide bonds. The van der Waals surface area contributed by atoms with Gasteiger partial charge in [0.05, 0.1) is 0 Å². The number of hydrogen-bond acceptors (Lipinski definition) is 2. The van der Waals surface area contributed by atoms with Gasteiger partial charge in [-0.15, -0.1) is 6.61 Å². The zero-order valence-electron chi connectivity index (χ0n) is 12.2. The van der Waals surface area contributed by atoms with Crippen molar-refractivity contribution < 1.29 is 43.7 Å². The maximum absolute atomic E-state index is 9.40. The third kappa shape index (κ3) is 15.2. The smallest absolute Gasteiger partial charge is 1.00 e. The molecule has 0 aromatic heterocycles. The average Bonchev–Trinajstić information content (AvgIpc) is 2.08. The third-order valence-corrected chi connectivity index (χ3v) is 1.23. The van der Waals surface area contributed by atoms with E-state index in [0.29, 0.717) is 6.61 Å². The van der Waals surface area contributed by atoms with Gasteiger partial charge in [-0.1, -0.05) is 35.9 Å². The monoisotopic (exact) mass is 220 g/mol. The second-order valence-electron chi connectivity index (χ2n) is 2.35. The third-order valence-electron chi connectivity index (χ3n) is 1.23. The van der Waals surface area contributed by atoms with Gasteiger partial charge < -0.3 is 14.1 Å². The molecule has 0 bridgehead atoms. The van der Waals surface area contributed by atoms with E-state index >= 15 is 0 Å². The molecule has 0 fully saturated rings. The number of ether oxygens (including phenoxy) is 1. The minimum atomic E-state index is -0.128. The summed E-state index contributed by atoms with van der Waals surface area (Å²) in [6.45, 7) is 2.29. The van der Waals surface area contributed by atoms with E-state index in [-0.39, 0.29) is 57.8 Å². The summed E-state index contributed by atoms with van der Waals surface area (Å²) in [5, 5.41) is 9.40. The molecule has 2 nitrogen and oxygen atoms in total. The van der Waals surface area contributed by atoms with Gasteiger partial charge in [-0.25, -0.2) is 0 Å². The van der Waals surface area contributed by atoms with Gasteiger partial charge in [-0.2, -0.15) is 0 Å². The van der Waals surface area contributed by atoms with Crippen LogP contribution in [0.4, 0.5) is 0 Å². The first-order chi connectivity index (χ1) is 5.81. The summed E-state index contributed by atoms with van der Waals surface area (Å²) in [6, 6.07) is 10.3. The van der Waals surface area contributed by atoms with Crippen LogP contribution < -0.4 is 34.7 Å². The minimum Gasteiger partial charge on any atom is -1.00 e. The molecule has 0 saturated carbocycles. The van der Waals surface area contributed by atoms with Gasteiger partial charge in [0.1, 0.15) is 0 Å². The van der Waals surface area contributed by atoms with E-state index in [4.69, 9.17) is 0 Å². The van der Waals surface area contributed by atoms with E-state index < -0.39 is 0 Å². The zero-order chi connectivity index (χ0) is 9.23. The van der Waals surface area contributed by atoms with Crippen LogP contribution in [-0.2, 0) is 4.74 Å². The molecule has 14 heavy (non-hydrogen) atoms. The average molecular weight is 220 g/mol. The normalized spacial score (nSPS) is 7.36. The molecular formula is C10H18AlNaO2. The Morgan fingerprint density at radius 3 is 1.93 bits per heavy atom. The van der Waals surface area contributed by atoms with Crippen molar-refractivity contribution in [1.82, 2.24) is 0 Å². The molecule has 4 heteroatoms.